The van der Waals surface area contributed by atoms with Crippen molar-refractivity contribution in [1.29, 1.82) is 0 Å². The van der Waals surface area contributed by atoms with Gasteiger partial charge in [-0.05, 0) is 43.3 Å². The Kier molecular flexibility index (Phi) is 4.45. The maximum absolute atomic E-state index is 12.6. The molecule has 0 spiro atoms. The van der Waals surface area contributed by atoms with Crippen molar-refractivity contribution < 1.29 is 9.32 Å². The molecule has 0 saturated heterocycles. The summed E-state index contributed by atoms with van der Waals surface area (Å²) in [7, 11) is 0. The number of benzene rings is 2. The monoisotopic (exact) mass is 356 g/mol. The Balaban J connectivity index is 1.64. The van der Waals surface area contributed by atoms with E-state index in [2.05, 4.69) is 20.4 Å². The Labute approximate surface area is 155 Å². The molecule has 0 aliphatic carbocycles. The Morgan fingerprint density at radius 2 is 1.85 bits per heavy atom. The van der Waals surface area contributed by atoms with Crippen LogP contribution in [0.3, 0.4) is 0 Å². The van der Waals surface area contributed by atoms with Gasteiger partial charge in [0.15, 0.2) is 0 Å². The van der Waals surface area contributed by atoms with Crippen molar-refractivity contribution in [2.75, 3.05) is 5.32 Å². The van der Waals surface area contributed by atoms with E-state index < -0.39 is 0 Å². The van der Waals surface area contributed by atoms with Gasteiger partial charge in [0.2, 0.25) is 5.82 Å². The molecular weight excluding hydrogens is 340 g/mol. The van der Waals surface area contributed by atoms with Gasteiger partial charge in [0.05, 0.1) is 11.3 Å². The number of amides is 1. The molecule has 2 aromatic carbocycles. The van der Waals surface area contributed by atoms with Gasteiger partial charge in [-0.3, -0.25) is 9.78 Å². The minimum atomic E-state index is -0.199. The second-order valence-corrected chi connectivity index (χ2v) is 6.01. The van der Waals surface area contributed by atoms with E-state index >= 15 is 0 Å². The van der Waals surface area contributed by atoms with Crippen LogP contribution in [0.4, 0.5) is 5.69 Å². The van der Waals surface area contributed by atoms with Crippen LogP contribution >= 0.6 is 0 Å². The zero-order valence-corrected chi connectivity index (χ0v) is 14.6. The average molecular weight is 356 g/mol. The first-order chi connectivity index (χ1) is 13.2. The van der Waals surface area contributed by atoms with Gasteiger partial charge in [-0.1, -0.05) is 41.1 Å². The number of aromatic nitrogens is 3. The summed E-state index contributed by atoms with van der Waals surface area (Å²) in [5.41, 5.74) is 3.47. The van der Waals surface area contributed by atoms with Gasteiger partial charge in [-0.15, -0.1) is 0 Å². The molecule has 4 aromatic rings. The molecule has 0 atom stereocenters. The van der Waals surface area contributed by atoms with Crippen LogP contribution in [-0.2, 0) is 0 Å². The van der Waals surface area contributed by atoms with E-state index in [1.165, 1.54) is 0 Å². The lowest BCUT2D eigenvalue weighted by Crippen LogP contribution is -2.12. The van der Waals surface area contributed by atoms with Crippen molar-refractivity contribution in [2.45, 2.75) is 6.92 Å². The normalized spacial score (nSPS) is 10.6. The van der Waals surface area contributed by atoms with E-state index in [4.69, 9.17) is 4.52 Å². The van der Waals surface area contributed by atoms with Crippen LogP contribution < -0.4 is 5.32 Å². The standard InChI is InChI=1S/C21H16N4O2/c1-14-7-6-8-15(13-14)20(26)23-17-10-3-2-9-16(17)21-24-19(25-27-21)18-11-4-5-12-22-18/h2-13H,1H3,(H,23,26). The number of para-hydroxylation sites is 1. The van der Waals surface area contributed by atoms with E-state index in [0.29, 0.717) is 34.2 Å². The van der Waals surface area contributed by atoms with Crippen molar-refractivity contribution in [3.05, 3.63) is 84.1 Å². The number of pyridine rings is 1. The summed E-state index contributed by atoms with van der Waals surface area (Å²) < 4.78 is 5.40. The summed E-state index contributed by atoms with van der Waals surface area (Å²) in [5, 5.41) is 6.91. The Morgan fingerprint density at radius 3 is 2.67 bits per heavy atom. The van der Waals surface area contributed by atoms with Crippen LogP contribution in [0.15, 0.2) is 77.4 Å². The predicted molar refractivity (Wildman–Crippen MR) is 102 cm³/mol. The fraction of sp³-hybridized carbons (Fsp3) is 0.0476. The molecule has 1 N–H and O–H groups in total. The lowest BCUT2D eigenvalue weighted by Gasteiger charge is -2.09. The number of aryl methyl sites for hydroxylation is 1. The maximum Gasteiger partial charge on any atom is 0.260 e. The third-order valence-corrected chi connectivity index (χ3v) is 4.01. The Hall–Kier alpha value is -3.80. The molecule has 27 heavy (non-hydrogen) atoms. The van der Waals surface area contributed by atoms with E-state index in [-0.39, 0.29) is 5.91 Å². The van der Waals surface area contributed by atoms with E-state index in [9.17, 15) is 4.79 Å². The summed E-state index contributed by atoms with van der Waals surface area (Å²) in [6.45, 7) is 1.95. The highest BCUT2D eigenvalue weighted by Crippen LogP contribution is 2.28. The van der Waals surface area contributed by atoms with Crippen LogP contribution in [-0.4, -0.2) is 21.0 Å². The molecule has 0 bridgehead atoms. The van der Waals surface area contributed by atoms with Crippen LogP contribution in [0.25, 0.3) is 23.0 Å². The smallest absolute Gasteiger partial charge is 0.260 e. The van der Waals surface area contributed by atoms with Crippen LogP contribution in [0.1, 0.15) is 15.9 Å². The minimum absolute atomic E-state index is 0.199. The topological polar surface area (TPSA) is 80.9 Å². The molecule has 4 rings (SSSR count). The molecule has 0 saturated carbocycles. The first kappa shape index (κ1) is 16.7. The summed E-state index contributed by atoms with van der Waals surface area (Å²) >= 11 is 0. The fourth-order valence-electron chi connectivity index (χ4n) is 2.69. The molecule has 0 aliphatic rings. The number of nitrogens with one attached hydrogen (secondary N) is 1. The highest BCUT2D eigenvalue weighted by Gasteiger charge is 2.16. The van der Waals surface area contributed by atoms with Crippen molar-refractivity contribution in [3.63, 3.8) is 0 Å². The average Bonchev–Trinajstić information content (AvgIpc) is 3.19. The number of rotatable bonds is 4. The molecule has 0 fully saturated rings. The second-order valence-electron chi connectivity index (χ2n) is 6.01. The summed E-state index contributed by atoms with van der Waals surface area (Å²) in [6, 6.07) is 20.2. The molecule has 0 radical (unpaired) electrons. The van der Waals surface area contributed by atoms with Crippen molar-refractivity contribution in [3.8, 4) is 23.0 Å². The van der Waals surface area contributed by atoms with Gasteiger partial charge in [0.25, 0.3) is 11.8 Å². The lowest BCUT2D eigenvalue weighted by molar-refractivity contribution is 0.102. The number of nitrogens with zero attached hydrogens (tertiary/aromatic N) is 3. The second kappa shape index (κ2) is 7.21. The van der Waals surface area contributed by atoms with Gasteiger partial charge in [0, 0.05) is 11.8 Å². The Bertz CT molecular complexity index is 1090. The van der Waals surface area contributed by atoms with Crippen molar-refractivity contribution in [2.24, 2.45) is 0 Å². The van der Waals surface area contributed by atoms with Gasteiger partial charge in [-0.25, -0.2) is 0 Å². The molecule has 132 valence electrons. The highest BCUT2D eigenvalue weighted by molar-refractivity contribution is 6.06. The summed E-state index contributed by atoms with van der Waals surface area (Å²) in [5.74, 6) is 0.511. The van der Waals surface area contributed by atoms with Crippen LogP contribution in [0.2, 0.25) is 0 Å². The first-order valence-corrected chi connectivity index (χ1v) is 8.43. The predicted octanol–water partition coefficient (Wildman–Crippen LogP) is 4.36. The molecule has 2 heterocycles. The zero-order chi connectivity index (χ0) is 18.6. The van der Waals surface area contributed by atoms with E-state index in [1.54, 1.807) is 24.4 Å². The quantitative estimate of drug-likeness (QED) is 0.587. The molecule has 6 heteroatoms. The zero-order valence-electron chi connectivity index (χ0n) is 14.6. The van der Waals surface area contributed by atoms with Crippen LogP contribution in [0, 0.1) is 6.92 Å². The minimum Gasteiger partial charge on any atom is -0.333 e. The van der Waals surface area contributed by atoms with E-state index in [1.807, 2.05) is 55.5 Å². The number of carbonyl (C=O) groups excluding carboxylic acids is 1. The largest absolute Gasteiger partial charge is 0.333 e. The number of anilines is 1. The van der Waals surface area contributed by atoms with Gasteiger partial charge >= 0.3 is 0 Å². The summed E-state index contributed by atoms with van der Waals surface area (Å²) in [4.78, 5) is 21.2. The molecule has 0 aliphatic heterocycles. The van der Waals surface area contributed by atoms with Crippen molar-refractivity contribution >= 4 is 11.6 Å². The van der Waals surface area contributed by atoms with Crippen molar-refractivity contribution in [1.82, 2.24) is 15.1 Å². The number of carbonyl (C=O) groups is 1. The lowest BCUT2D eigenvalue weighted by atomic mass is 10.1. The molecule has 1 amide bonds. The van der Waals surface area contributed by atoms with Crippen LogP contribution in [0.5, 0.6) is 0 Å². The molecule has 0 unspecified atom stereocenters. The van der Waals surface area contributed by atoms with Gasteiger partial charge in [0.1, 0.15) is 5.69 Å². The first-order valence-electron chi connectivity index (χ1n) is 8.43. The van der Waals surface area contributed by atoms with E-state index in [0.717, 1.165) is 5.56 Å². The van der Waals surface area contributed by atoms with Gasteiger partial charge < -0.3 is 9.84 Å². The SMILES string of the molecule is Cc1cccc(C(=O)Nc2ccccc2-c2nc(-c3ccccn3)no2)c1. The number of hydrogen-bond acceptors (Lipinski definition) is 5. The summed E-state index contributed by atoms with van der Waals surface area (Å²) in [6.07, 6.45) is 1.67. The molecular formula is C21H16N4O2. The van der Waals surface area contributed by atoms with Gasteiger partial charge in [-0.2, -0.15) is 4.98 Å². The maximum atomic E-state index is 12.6. The highest BCUT2D eigenvalue weighted by atomic mass is 16.5. The third-order valence-electron chi connectivity index (χ3n) is 4.01. The molecule has 6 nitrogen and oxygen atoms in total. The fourth-order valence-corrected chi connectivity index (χ4v) is 2.69. The molecule has 2 aromatic heterocycles. The Morgan fingerprint density at radius 1 is 1.00 bits per heavy atom. The number of hydrogen-bond donors (Lipinski definition) is 1. The third kappa shape index (κ3) is 3.59.